The Kier molecular flexibility index (Phi) is 2.59. The molecule has 15 heavy (non-hydrogen) atoms. The van der Waals surface area contributed by atoms with E-state index in [9.17, 15) is 4.79 Å². The minimum Gasteiger partial charge on any atom is -0.399 e. The molecule has 5 nitrogen and oxygen atoms in total. The van der Waals surface area contributed by atoms with Crippen molar-refractivity contribution in [2.45, 2.75) is 0 Å². The largest absolute Gasteiger partial charge is 0.399 e. The molecular weight excluding hydrogens is 212 g/mol. The first-order valence-electron chi connectivity index (χ1n) is 4.20. The third kappa shape index (κ3) is 2.29. The second-order valence-electron chi connectivity index (χ2n) is 2.87. The van der Waals surface area contributed by atoms with Crippen molar-refractivity contribution < 1.29 is 4.79 Å². The Morgan fingerprint density at radius 2 is 2.33 bits per heavy atom. The molecule has 1 heterocycles. The molecule has 1 amide bonds. The molecule has 6 heteroatoms. The molecule has 0 atom stereocenters. The highest BCUT2D eigenvalue weighted by molar-refractivity contribution is 6.99. The Morgan fingerprint density at radius 3 is 3.00 bits per heavy atom. The van der Waals surface area contributed by atoms with Gasteiger partial charge in [-0.05, 0) is 18.2 Å². The maximum Gasteiger partial charge on any atom is 0.277 e. The molecule has 0 aliphatic rings. The smallest absolute Gasteiger partial charge is 0.277 e. The van der Waals surface area contributed by atoms with Crippen LogP contribution in [0.15, 0.2) is 30.5 Å². The molecule has 2 rings (SSSR count). The van der Waals surface area contributed by atoms with E-state index < -0.39 is 0 Å². The second kappa shape index (κ2) is 4.05. The summed E-state index contributed by atoms with van der Waals surface area (Å²) in [7, 11) is 0. The van der Waals surface area contributed by atoms with Crippen molar-refractivity contribution >= 4 is 29.0 Å². The Bertz CT molecular complexity index is 469. The number of aromatic nitrogens is 2. The van der Waals surface area contributed by atoms with E-state index in [0.717, 1.165) is 11.7 Å². The lowest BCUT2D eigenvalue weighted by molar-refractivity contribution is 0.102. The minimum absolute atomic E-state index is 0.283. The van der Waals surface area contributed by atoms with Crippen LogP contribution in [0.4, 0.5) is 11.4 Å². The minimum atomic E-state index is -0.283. The van der Waals surface area contributed by atoms with E-state index in [-0.39, 0.29) is 5.91 Å². The van der Waals surface area contributed by atoms with Crippen LogP contribution in [-0.4, -0.2) is 14.7 Å². The summed E-state index contributed by atoms with van der Waals surface area (Å²) >= 11 is 0.996. The average molecular weight is 220 g/mol. The van der Waals surface area contributed by atoms with Crippen LogP contribution in [0.5, 0.6) is 0 Å². The molecule has 0 bridgehead atoms. The highest BCUT2D eigenvalue weighted by Gasteiger charge is 2.08. The lowest BCUT2D eigenvalue weighted by Crippen LogP contribution is -2.12. The summed E-state index contributed by atoms with van der Waals surface area (Å²) in [6.45, 7) is 0. The first-order chi connectivity index (χ1) is 7.25. The van der Waals surface area contributed by atoms with Gasteiger partial charge in [-0.2, -0.15) is 8.75 Å². The normalized spacial score (nSPS) is 9.87. The van der Waals surface area contributed by atoms with E-state index in [2.05, 4.69) is 14.1 Å². The zero-order valence-corrected chi connectivity index (χ0v) is 8.49. The molecule has 1 aromatic carbocycles. The number of rotatable bonds is 2. The molecule has 0 radical (unpaired) electrons. The van der Waals surface area contributed by atoms with E-state index in [1.807, 2.05) is 0 Å². The van der Waals surface area contributed by atoms with Crippen molar-refractivity contribution in [2.75, 3.05) is 11.1 Å². The van der Waals surface area contributed by atoms with Gasteiger partial charge in [-0.25, -0.2) is 0 Å². The number of amides is 1. The van der Waals surface area contributed by atoms with Gasteiger partial charge in [0.1, 0.15) is 0 Å². The topological polar surface area (TPSA) is 80.9 Å². The summed E-state index contributed by atoms with van der Waals surface area (Å²) < 4.78 is 7.57. The van der Waals surface area contributed by atoms with Gasteiger partial charge in [-0.1, -0.05) is 6.07 Å². The zero-order chi connectivity index (χ0) is 10.7. The molecule has 0 aliphatic carbocycles. The van der Waals surface area contributed by atoms with Gasteiger partial charge in [0, 0.05) is 11.4 Å². The molecule has 0 unspecified atom stereocenters. The fourth-order valence-electron chi connectivity index (χ4n) is 1.08. The predicted octanol–water partition coefficient (Wildman–Crippen LogP) is 1.37. The lowest BCUT2D eigenvalue weighted by atomic mass is 10.3. The molecule has 0 saturated heterocycles. The monoisotopic (exact) mass is 220 g/mol. The molecule has 0 fully saturated rings. The number of nitrogens with two attached hydrogens (primary N) is 1. The van der Waals surface area contributed by atoms with Crippen molar-refractivity contribution in [3.63, 3.8) is 0 Å². The van der Waals surface area contributed by atoms with Crippen LogP contribution >= 0.6 is 11.7 Å². The second-order valence-corrected chi connectivity index (χ2v) is 3.43. The molecule has 1 aromatic heterocycles. The Labute approximate surface area is 90.3 Å². The van der Waals surface area contributed by atoms with Gasteiger partial charge in [0.2, 0.25) is 0 Å². The molecular formula is C9H8N4OS. The number of carbonyl (C=O) groups excluding carboxylic acids is 1. The molecule has 0 aliphatic heterocycles. The summed E-state index contributed by atoms with van der Waals surface area (Å²) in [5.41, 5.74) is 7.13. The molecule has 0 spiro atoms. The summed E-state index contributed by atoms with van der Waals surface area (Å²) in [4.78, 5) is 11.5. The summed E-state index contributed by atoms with van der Waals surface area (Å²) in [5.74, 6) is -0.283. The van der Waals surface area contributed by atoms with Gasteiger partial charge in [-0.15, -0.1) is 0 Å². The van der Waals surface area contributed by atoms with Gasteiger partial charge in [0.05, 0.1) is 17.9 Å². The number of hydrogen-bond donors (Lipinski definition) is 2. The van der Waals surface area contributed by atoms with E-state index in [1.54, 1.807) is 24.3 Å². The van der Waals surface area contributed by atoms with Crippen molar-refractivity contribution in [3.8, 4) is 0 Å². The first-order valence-corrected chi connectivity index (χ1v) is 4.93. The summed E-state index contributed by atoms with van der Waals surface area (Å²) in [6.07, 6.45) is 1.42. The van der Waals surface area contributed by atoms with Crippen LogP contribution in [0.1, 0.15) is 10.5 Å². The van der Waals surface area contributed by atoms with Gasteiger partial charge < -0.3 is 11.1 Å². The Morgan fingerprint density at radius 1 is 1.47 bits per heavy atom. The van der Waals surface area contributed by atoms with Crippen molar-refractivity contribution in [1.29, 1.82) is 0 Å². The van der Waals surface area contributed by atoms with Crippen molar-refractivity contribution in [2.24, 2.45) is 0 Å². The standard InChI is InChI=1S/C9H8N4OS/c10-6-2-1-3-7(4-6)12-9(14)8-5-11-15-13-8/h1-5H,10H2,(H,12,14). The fourth-order valence-corrected chi connectivity index (χ4v) is 1.49. The van der Waals surface area contributed by atoms with E-state index in [1.165, 1.54) is 6.20 Å². The van der Waals surface area contributed by atoms with Crippen LogP contribution < -0.4 is 11.1 Å². The highest BCUT2D eigenvalue weighted by atomic mass is 32.1. The maximum absolute atomic E-state index is 11.5. The van der Waals surface area contributed by atoms with E-state index in [4.69, 9.17) is 5.73 Å². The van der Waals surface area contributed by atoms with Crippen molar-refractivity contribution in [1.82, 2.24) is 8.75 Å². The number of nitrogens with one attached hydrogen (secondary N) is 1. The third-order valence-electron chi connectivity index (χ3n) is 1.74. The number of benzene rings is 1. The Balaban J connectivity index is 2.13. The SMILES string of the molecule is Nc1cccc(NC(=O)c2cnsn2)c1. The maximum atomic E-state index is 11.5. The molecule has 76 valence electrons. The summed E-state index contributed by atoms with van der Waals surface area (Å²) in [5, 5.41) is 2.67. The van der Waals surface area contributed by atoms with Crippen LogP contribution in [-0.2, 0) is 0 Å². The average Bonchev–Trinajstić information content (AvgIpc) is 2.70. The number of anilines is 2. The van der Waals surface area contributed by atoms with Gasteiger partial charge in [0.15, 0.2) is 5.69 Å². The number of nitrogens with zero attached hydrogens (tertiary/aromatic N) is 2. The number of hydrogen-bond acceptors (Lipinski definition) is 5. The molecule has 3 N–H and O–H groups in total. The third-order valence-corrected chi connectivity index (χ3v) is 2.22. The highest BCUT2D eigenvalue weighted by Crippen LogP contribution is 2.12. The van der Waals surface area contributed by atoms with Crippen LogP contribution in [0.2, 0.25) is 0 Å². The van der Waals surface area contributed by atoms with E-state index in [0.29, 0.717) is 17.1 Å². The summed E-state index contributed by atoms with van der Waals surface area (Å²) in [6, 6.07) is 6.95. The number of nitrogen functional groups attached to an aromatic ring is 1. The number of carbonyl (C=O) groups is 1. The van der Waals surface area contributed by atoms with Gasteiger partial charge in [-0.3, -0.25) is 4.79 Å². The van der Waals surface area contributed by atoms with Gasteiger partial charge in [0.25, 0.3) is 5.91 Å². The van der Waals surface area contributed by atoms with Crippen LogP contribution in [0.25, 0.3) is 0 Å². The Hall–Kier alpha value is -1.95. The predicted molar refractivity (Wildman–Crippen MR) is 58.7 cm³/mol. The zero-order valence-electron chi connectivity index (χ0n) is 7.68. The van der Waals surface area contributed by atoms with Crippen LogP contribution in [0.3, 0.4) is 0 Å². The van der Waals surface area contributed by atoms with Crippen molar-refractivity contribution in [3.05, 3.63) is 36.2 Å². The lowest BCUT2D eigenvalue weighted by Gasteiger charge is -2.02. The van der Waals surface area contributed by atoms with Crippen LogP contribution in [0, 0.1) is 0 Å². The molecule has 2 aromatic rings. The fraction of sp³-hybridized carbons (Fsp3) is 0. The first kappa shape index (κ1) is 9.60. The quantitative estimate of drug-likeness (QED) is 0.749. The van der Waals surface area contributed by atoms with Gasteiger partial charge >= 0.3 is 0 Å². The molecule has 0 saturated carbocycles. The van der Waals surface area contributed by atoms with E-state index >= 15 is 0 Å².